The highest BCUT2D eigenvalue weighted by Gasteiger charge is 2.26. The second-order valence-corrected chi connectivity index (χ2v) is 6.62. The Morgan fingerprint density at radius 3 is 2.25 bits per heavy atom. The zero-order valence-electron chi connectivity index (χ0n) is 12.4. The predicted molar refractivity (Wildman–Crippen MR) is 92.4 cm³/mol. The van der Waals surface area contributed by atoms with E-state index in [9.17, 15) is 0 Å². The Kier molecular flexibility index (Phi) is 7.52. The van der Waals surface area contributed by atoms with Crippen LogP contribution < -0.4 is 5.73 Å². The van der Waals surface area contributed by atoms with Crippen molar-refractivity contribution in [2.24, 2.45) is 11.7 Å². The monoisotopic (exact) mass is 360 g/mol. The van der Waals surface area contributed by atoms with Crippen LogP contribution in [0.15, 0.2) is 28.7 Å². The Balaban J connectivity index is 0.00000200. The molecule has 4 heteroatoms. The Hall–Kier alpha value is -0.0900. The van der Waals surface area contributed by atoms with Gasteiger partial charge in [-0.1, -0.05) is 35.0 Å². The largest absolute Gasteiger partial charge is 0.328 e. The van der Waals surface area contributed by atoms with Gasteiger partial charge in [-0.25, -0.2) is 0 Å². The van der Waals surface area contributed by atoms with Crippen LogP contribution in [0, 0.1) is 5.92 Å². The molecule has 1 aliphatic rings. The van der Waals surface area contributed by atoms with Gasteiger partial charge < -0.3 is 5.73 Å². The van der Waals surface area contributed by atoms with Gasteiger partial charge in [0.2, 0.25) is 0 Å². The van der Waals surface area contributed by atoms with E-state index < -0.39 is 0 Å². The normalized spacial score (nSPS) is 20.2. The van der Waals surface area contributed by atoms with Crippen LogP contribution in [0.1, 0.15) is 44.7 Å². The molecule has 0 aliphatic carbocycles. The molecule has 2 rings (SSSR count). The molecule has 2 atom stereocenters. The summed E-state index contributed by atoms with van der Waals surface area (Å²) in [7, 11) is 0. The zero-order valence-corrected chi connectivity index (χ0v) is 14.8. The molecule has 1 fully saturated rings. The lowest BCUT2D eigenvalue weighted by molar-refractivity contribution is 0.121. The van der Waals surface area contributed by atoms with E-state index in [2.05, 4.69) is 58.9 Å². The van der Waals surface area contributed by atoms with Crippen LogP contribution in [-0.4, -0.2) is 24.0 Å². The fourth-order valence-corrected chi connectivity index (χ4v) is 3.41. The maximum atomic E-state index is 6.03. The van der Waals surface area contributed by atoms with Crippen LogP contribution in [0.4, 0.5) is 0 Å². The molecule has 0 radical (unpaired) electrons. The first-order valence-electron chi connectivity index (χ1n) is 7.37. The average molecular weight is 362 g/mol. The minimum absolute atomic E-state index is 0. The standard InChI is InChI=1S/C16H25BrN2.ClH/c1-3-16(14-4-6-15(17)7-5-14)19-10-8-13(9-11-19)12(2)18;/h4-7,12-13,16H,3,8-11,18H2,1-2H3;1H. The van der Waals surface area contributed by atoms with E-state index in [1.54, 1.807) is 0 Å². The van der Waals surface area contributed by atoms with Crippen LogP contribution >= 0.6 is 28.3 Å². The summed E-state index contributed by atoms with van der Waals surface area (Å²) in [6.45, 7) is 6.79. The van der Waals surface area contributed by atoms with E-state index in [4.69, 9.17) is 5.73 Å². The van der Waals surface area contributed by atoms with Crippen LogP contribution in [0.2, 0.25) is 0 Å². The van der Waals surface area contributed by atoms with Gasteiger partial charge in [0.05, 0.1) is 0 Å². The predicted octanol–water partition coefficient (Wildman–Crippen LogP) is 4.38. The number of halogens is 2. The second-order valence-electron chi connectivity index (χ2n) is 5.71. The van der Waals surface area contributed by atoms with Crippen molar-refractivity contribution < 1.29 is 0 Å². The molecule has 2 unspecified atom stereocenters. The highest BCUT2D eigenvalue weighted by molar-refractivity contribution is 9.10. The first kappa shape index (κ1) is 18.0. The second kappa shape index (κ2) is 8.38. The number of hydrogen-bond donors (Lipinski definition) is 1. The van der Waals surface area contributed by atoms with Gasteiger partial charge in [0.1, 0.15) is 0 Å². The lowest BCUT2D eigenvalue weighted by Gasteiger charge is -2.38. The molecule has 0 spiro atoms. The van der Waals surface area contributed by atoms with E-state index >= 15 is 0 Å². The lowest BCUT2D eigenvalue weighted by Crippen LogP contribution is -2.41. The van der Waals surface area contributed by atoms with Gasteiger partial charge in [0.15, 0.2) is 0 Å². The van der Waals surface area contributed by atoms with Crippen molar-refractivity contribution in [3.63, 3.8) is 0 Å². The summed E-state index contributed by atoms with van der Waals surface area (Å²) < 4.78 is 1.15. The Labute approximate surface area is 137 Å². The van der Waals surface area contributed by atoms with Gasteiger partial charge in [-0.2, -0.15) is 0 Å². The molecule has 0 bridgehead atoms. The van der Waals surface area contributed by atoms with Gasteiger partial charge in [-0.15, -0.1) is 12.4 Å². The number of hydrogen-bond acceptors (Lipinski definition) is 2. The Bertz CT molecular complexity index is 386. The van der Waals surface area contributed by atoms with E-state index in [1.165, 1.54) is 37.9 Å². The number of benzene rings is 1. The highest BCUT2D eigenvalue weighted by Crippen LogP contribution is 2.30. The van der Waals surface area contributed by atoms with Gasteiger partial charge in [-0.05, 0) is 62.9 Å². The maximum absolute atomic E-state index is 6.03. The fourth-order valence-electron chi connectivity index (χ4n) is 3.15. The first-order chi connectivity index (χ1) is 9.11. The summed E-state index contributed by atoms with van der Waals surface area (Å²) in [6.07, 6.45) is 3.65. The maximum Gasteiger partial charge on any atom is 0.0345 e. The number of nitrogens with two attached hydrogens (primary N) is 1. The van der Waals surface area contributed by atoms with Crippen LogP contribution in [0.5, 0.6) is 0 Å². The smallest absolute Gasteiger partial charge is 0.0345 e. The van der Waals surface area contributed by atoms with Crippen molar-refractivity contribution in [2.75, 3.05) is 13.1 Å². The van der Waals surface area contributed by atoms with Crippen molar-refractivity contribution in [3.8, 4) is 0 Å². The quantitative estimate of drug-likeness (QED) is 0.862. The van der Waals surface area contributed by atoms with Crippen molar-refractivity contribution in [3.05, 3.63) is 34.3 Å². The van der Waals surface area contributed by atoms with Crippen molar-refractivity contribution >= 4 is 28.3 Å². The van der Waals surface area contributed by atoms with Crippen LogP contribution in [0.25, 0.3) is 0 Å². The third-order valence-electron chi connectivity index (χ3n) is 4.40. The summed E-state index contributed by atoms with van der Waals surface area (Å²) >= 11 is 3.51. The summed E-state index contributed by atoms with van der Waals surface area (Å²) in [5.74, 6) is 0.707. The van der Waals surface area contributed by atoms with Crippen LogP contribution in [0.3, 0.4) is 0 Å². The average Bonchev–Trinajstić information content (AvgIpc) is 2.42. The summed E-state index contributed by atoms with van der Waals surface area (Å²) in [4.78, 5) is 2.63. The zero-order chi connectivity index (χ0) is 13.8. The molecule has 1 aliphatic heterocycles. The molecule has 2 N–H and O–H groups in total. The minimum atomic E-state index is 0. The number of nitrogens with zero attached hydrogens (tertiary/aromatic N) is 1. The molecule has 2 nitrogen and oxygen atoms in total. The molecular weight excluding hydrogens is 336 g/mol. The summed E-state index contributed by atoms with van der Waals surface area (Å²) in [5.41, 5.74) is 7.46. The molecule has 1 heterocycles. The van der Waals surface area contributed by atoms with Crippen LogP contribution in [-0.2, 0) is 0 Å². The summed E-state index contributed by atoms with van der Waals surface area (Å²) in [6, 6.07) is 9.68. The third-order valence-corrected chi connectivity index (χ3v) is 4.93. The molecule has 114 valence electrons. The molecule has 0 saturated carbocycles. The molecule has 0 aromatic heterocycles. The van der Waals surface area contributed by atoms with Crippen molar-refractivity contribution in [2.45, 2.75) is 45.2 Å². The van der Waals surface area contributed by atoms with E-state index in [1.807, 2.05) is 0 Å². The Morgan fingerprint density at radius 2 is 1.80 bits per heavy atom. The Morgan fingerprint density at radius 1 is 1.25 bits per heavy atom. The molecule has 1 aromatic carbocycles. The fraction of sp³-hybridized carbons (Fsp3) is 0.625. The topological polar surface area (TPSA) is 29.3 Å². The minimum Gasteiger partial charge on any atom is -0.328 e. The lowest BCUT2D eigenvalue weighted by atomic mass is 9.89. The third kappa shape index (κ3) is 4.45. The van der Waals surface area contributed by atoms with Gasteiger partial charge >= 0.3 is 0 Å². The number of likely N-dealkylation sites (tertiary alicyclic amines) is 1. The molecule has 1 saturated heterocycles. The first-order valence-corrected chi connectivity index (χ1v) is 8.16. The van der Waals surface area contributed by atoms with Crippen molar-refractivity contribution in [1.29, 1.82) is 0 Å². The number of piperidine rings is 1. The highest BCUT2D eigenvalue weighted by atomic mass is 79.9. The SMILES string of the molecule is CCC(c1ccc(Br)cc1)N1CCC(C(C)N)CC1.Cl. The van der Waals surface area contributed by atoms with E-state index in [-0.39, 0.29) is 12.4 Å². The molecular formula is C16H26BrClN2. The molecule has 1 aromatic rings. The van der Waals surface area contributed by atoms with Gasteiger partial charge in [0, 0.05) is 16.6 Å². The van der Waals surface area contributed by atoms with Gasteiger partial charge in [0.25, 0.3) is 0 Å². The summed E-state index contributed by atoms with van der Waals surface area (Å²) in [5, 5.41) is 0. The van der Waals surface area contributed by atoms with Crippen molar-refractivity contribution in [1.82, 2.24) is 4.90 Å². The molecule has 20 heavy (non-hydrogen) atoms. The number of rotatable bonds is 4. The van der Waals surface area contributed by atoms with E-state index in [0.717, 1.165) is 4.47 Å². The van der Waals surface area contributed by atoms with E-state index in [0.29, 0.717) is 18.0 Å². The molecule has 0 amide bonds. The van der Waals surface area contributed by atoms with Gasteiger partial charge in [-0.3, -0.25) is 4.90 Å².